The van der Waals surface area contributed by atoms with E-state index in [1.54, 1.807) is 17.5 Å². The van der Waals surface area contributed by atoms with Crippen molar-refractivity contribution in [3.8, 4) is 0 Å². The Labute approximate surface area is 99.7 Å². The van der Waals surface area contributed by atoms with Crippen LogP contribution in [0.15, 0.2) is 21.7 Å². The number of thiophene rings is 1. The SMILES string of the molecule is C[C@@H](NS(=O)(=O)c1cccs1)[C@@H]1CCCO1. The summed E-state index contributed by atoms with van der Waals surface area (Å²) in [6.07, 6.45) is 1.94. The number of rotatable bonds is 4. The molecule has 1 N–H and O–H groups in total. The highest BCUT2D eigenvalue weighted by atomic mass is 32.2. The lowest BCUT2D eigenvalue weighted by Gasteiger charge is -2.19. The minimum absolute atomic E-state index is 0.00902. The van der Waals surface area contributed by atoms with Crippen molar-refractivity contribution in [2.45, 2.75) is 36.1 Å². The maximum absolute atomic E-state index is 11.9. The molecule has 2 rings (SSSR count). The summed E-state index contributed by atoms with van der Waals surface area (Å²) in [7, 11) is -3.37. The van der Waals surface area contributed by atoms with Gasteiger partial charge in [0.05, 0.1) is 6.10 Å². The summed E-state index contributed by atoms with van der Waals surface area (Å²) in [6.45, 7) is 2.58. The van der Waals surface area contributed by atoms with Crippen LogP contribution in [0.1, 0.15) is 19.8 Å². The Kier molecular flexibility index (Phi) is 3.63. The van der Waals surface area contributed by atoms with E-state index in [1.165, 1.54) is 11.3 Å². The molecule has 90 valence electrons. The van der Waals surface area contributed by atoms with E-state index in [-0.39, 0.29) is 12.1 Å². The average molecular weight is 261 g/mol. The van der Waals surface area contributed by atoms with E-state index in [9.17, 15) is 8.42 Å². The highest BCUT2D eigenvalue weighted by Crippen LogP contribution is 2.19. The predicted octanol–water partition coefficient (Wildman–Crippen LogP) is 1.59. The van der Waals surface area contributed by atoms with Crippen LogP contribution in [0, 0.1) is 0 Å². The zero-order valence-electron chi connectivity index (χ0n) is 9.05. The van der Waals surface area contributed by atoms with Crippen molar-refractivity contribution in [1.82, 2.24) is 4.72 Å². The van der Waals surface area contributed by atoms with Crippen LogP contribution in [0.5, 0.6) is 0 Å². The molecule has 0 bridgehead atoms. The van der Waals surface area contributed by atoms with Gasteiger partial charge in [-0.25, -0.2) is 13.1 Å². The van der Waals surface area contributed by atoms with Gasteiger partial charge in [0, 0.05) is 12.6 Å². The molecule has 0 unspecified atom stereocenters. The number of sulfonamides is 1. The number of hydrogen-bond donors (Lipinski definition) is 1. The molecule has 1 aliphatic rings. The average Bonchev–Trinajstić information content (AvgIpc) is 2.91. The fraction of sp³-hybridized carbons (Fsp3) is 0.600. The minimum atomic E-state index is -3.37. The Morgan fingerprint density at radius 1 is 1.62 bits per heavy atom. The lowest BCUT2D eigenvalue weighted by Crippen LogP contribution is -2.40. The summed E-state index contributed by atoms with van der Waals surface area (Å²) in [5.41, 5.74) is 0. The fourth-order valence-electron chi connectivity index (χ4n) is 1.79. The van der Waals surface area contributed by atoms with Gasteiger partial charge in [0.1, 0.15) is 4.21 Å². The second-order valence-electron chi connectivity index (χ2n) is 3.89. The smallest absolute Gasteiger partial charge is 0.250 e. The summed E-state index contributed by atoms with van der Waals surface area (Å²) < 4.78 is 32.3. The van der Waals surface area contributed by atoms with Crippen LogP contribution in [0.3, 0.4) is 0 Å². The Hall–Kier alpha value is -0.430. The molecule has 16 heavy (non-hydrogen) atoms. The van der Waals surface area contributed by atoms with Crippen molar-refractivity contribution in [2.24, 2.45) is 0 Å². The second-order valence-corrected chi connectivity index (χ2v) is 6.78. The lowest BCUT2D eigenvalue weighted by molar-refractivity contribution is 0.0902. The van der Waals surface area contributed by atoms with E-state index in [1.807, 2.05) is 6.92 Å². The molecule has 0 aliphatic carbocycles. The van der Waals surface area contributed by atoms with Crippen molar-refractivity contribution in [3.05, 3.63) is 17.5 Å². The molecule has 0 aromatic carbocycles. The van der Waals surface area contributed by atoms with Gasteiger partial charge in [-0.1, -0.05) is 6.07 Å². The van der Waals surface area contributed by atoms with Crippen LogP contribution >= 0.6 is 11.3 Å². The fourth-order valence-corrected chi connectivity index (χ4v) is 4.07. The van der Waals surface area contributed by atoms with E-state index in [0.29, 0.717) is 4.21 Å². The standard InChI is InChI=1S/C10H15NO3S2/c1-8(9-4-2-6-14-9)11-16(12,13)10-5-3-7-15-10/h3,5,7-9,11H,2,4,6H2,1H3/t8-,9+/m1/s1. The summed E-state index contributed by atoms with van der Waals surface area (Å²) in [5, 5.41) is 1.76. The van der Waals surface area contributed by atoms with Crippen LogP contribution in [0.4, 0.5) is 0 Å². The highest BCUT2D eigenvalue weighted by molar-refractivity contribution is 7.91. The van der Waals surface area contributed by atoms with E-state index < -0.39 is 10.0 Å². The van der Waals surface area contributed by atoms with Crippen LogP contribution in [-0.4, -0.2) is 27.2 Å². The first-order valence-corrected chi connectivity index (χ1v) is 7.63. The van der Waals surface area contributed by atoms with Gasteiger partial charge in [0.25, 0.3) is 0 Å². The maximum atomic E-state index is 11.9. The molecule has 1 fully saturated rings. The molecule has 1 aromatic heterocycles. The Morgan fingerprint density at radius 2 is 2.44 bits per heavy atom. The minimum Gasteiger partial charge on any atom is -0.377 e. The van der Waals surface area contributed by atoms with Crippen LogP contribution in [0.25, 0.3) is 0 Å². The van der Waals surface area contributed by atoms with Gasteiger partial charge in [-0.3, -0.25) is 0 Å². The highest BCUT2D eigenvalue weighted by Gasteiger charge is 2.27. The third kappa shape index (κ3) is 2.63. The van der Waals surface area contributed by atoms with E-state index in [4.69, 9.17) is 4.74 Å². The van der Waals surface area contributed by atoms with Crippen molar-refractivity contribution in [3.63, 3.8) is 0 Å². The molecule has 6 heteroatoms. The molecule has 0 amide bonds. The monoisotopic (exact) mass is 261 g/mol. The number of hydrogen-bond acceptors (Lipinski definition) is 4. The Balaban J connectivity index is 2.03. The summed E-state index contributed by atoms with van der Waals surface area (Å²) in [5.74, 6) is 0. The second kappa shape index (κ2) is 4.83. The Bertz CT molecular complexity index is 421. The largest absolute Gasteiger partial charge is 0.377 e. The summed E-state index contributed by atoms with van der Waals surface area (Å²) in [6, 6.07) is 3.17. The van der Waals surface area contributed by atoms with Gasteiger partial charge < -0.3 is 4.74 Å². The molecule has 0 radical (unpaired) electrons. The molecule has 2 atom stereocenters. The molecule has 1 saturated heterocycles. The zero-order valence-corrected chi connectivity index (χ0v) is 10.7. The normalized spacial score (nSPS) is 23.4. The van der Waals surface area contributed by atoms with Crippen molar-refractivity contribution in [1.29, 1.82) is 0 Å². The molecule has 0 spiro atoms. The van der Waals surface area contributed by atoms with Gasteiger partial charge in [0.2, 0.25) is 10.0 Å². The number of nitrogens with one attached hydrogen (secondary N) is 1. The zero-order chi connectivity index (χ0) is 11.6. The van der Waals surface area contributed by atoms with Gasteiger partial charge in [-0.2, -0.15) is 0 Å². The molecule has 1 aromatic rings. The molecule has 0 saturated carbocycles. The lowest BCUT2D eigenvalue weighted by atomic mass is 10.1. The third-order valence-corrected chi connectivity index (χ3v) is 5.58. The van der Waals surface area contributed by atoms with Gasteiger partial charge in [0.15, 0.2) is 0 Å². The van der Waals surface area contributed by atoms with Crippen molar-refractivity contribution >= 4 is 21.4 Å². The first-order chi connectivity index (χ1) is 7.59. The third-order valence-electron chi connectivity index (χ3n) is 2.62. The van der Waals surface area contributed by atoms with E-state index in [2.05, 4.69) is 4.72 Å². The summed E-state index contributed by atoms with van der Waals surface area (Å²) >= 11 is 1.22. The first-order valence-electron chi connectivity index (χ1n) is 5.27. The molecule has 1 aliphatic heterocycles. The van der Waals surface area contributed by atoms with Crippen molar-refractivity contribution < 1.29 is 13.2 Å². The quantitative estimate of drug-likeness (QED) is 0.895. The van der Waals surface area contributed by atoms with Gasteiger partial charge >= 0.3 is 0 Å². The number of ether oxygens (including phenoxy) is 1. The van der Waals surface area contributed by atoms with Crippen LogP contribution in [-0.2, 0) is 14.8 Å². The predicted molar refractivity (Wildman–Crippen MR) is 63.1 cm³/mol. The van der Waals surface area contributed by atoms with Crippen molar-refractivity contribution in [2.75, 3.05) is 6.61 Å². The molecule has 2 heterocycles. The van der Waals surface area contributed by atoms with Crippen LogP contribution < -0.4 is 4.72 Å². The summed E-state index contributed by atoms with van der Waals surface area (Å²) in [4.78, 5) is 0. The van der Waals surface area contributed by atoms with Crippen LogP contribution in [0.2, 0.25) is 0 Å². The molecular formula is C10H15NO3S2. The van der Waals surface area contributed by atoms with Gasteiger partial charge in [-0.05, 0) is 31.2 Å². The first kappa shape index (κ1) is 12.0. The van der Waals surface area contributed by atoms with E-state index in [0.717, 1.165) is 19.4 Å². The Morgan fingerprint density at radius 3 is 3.00 bits per heavy atom. The van der Waals surface area contributed by atoms with E-state index >= 15 is 0 Å². The maximum Gasteiger partial charge on any atom is 0.250 e. The molecule has 4 nitrogen and oxygen atoms in total. The topological polar surface area (TPSA) is 55.4 Å². The molecular weight excluding hydrogens is 246 g/mol. The van der Waals surface area contributed by atoms with Gasteiger partial charge in [-0.15, -0.1) is 11.3 Å².